The highest BCUT2D eigenvalue weighted by Gasteiger charge is 2.34. The largest absolute Gasteiger partial charge is 0.322 e. The van der Waals surface area contributed by atoms with Crippen LogP contribution in [0.15, 0.2) is 47.8 Å². The van der Waals surface area contributed by atoms with Gasteiger partial charge in [0.15, 0.2) is 0 Å². The SMILES string of the molecule is CCc1cccc(N2C(C)=C(C)N(c3c(C)cccc3C)[C@@H]2C)c1C. The fourth-order valence-electron chi connectivity index (χ4n) is 4.26. The second-order valence-corrected chi connectivity index (χ2v) is 7.20. The van der Waals surface area contributed by atoms with Gasteiger partial charge in [0.2, 0.25) is 0 Å². The lowest BCUT2D eigenvalue weighted by Crippen LogP contribution is -2.39. The standard InChI is InChI=1S/C23H30N2/c1-8-21-13-10-14-22(17(21)4)24-18(5)19(6)25(20(24)7)23-15(2)11-9-12-16(23)3/h9-14,20H,8H2,1-7H3/t20-/m1/s1. The summed E-state index contributed by atoms with van der Waals surface area (Å²) >= 11 is 0. The van der Waals surface area contributed by atoms with E-state index in [2.05, 4.69) is 94.7 Å². The molecule has 0 aromatic heterocycles. The average molecular weight is 335 g/mol. The van der Waals surface area contributed by atoms with E-state index in [9.17, 15) is 0 Å². The van der Waals surface area contributed by atoms with Crippen molar-refractivity contribution in [1.29, 1.82) is 0 Å². The molecular formula is C23H30N2. The van der Waals surface area contributed by atoms with E-state index in [1.54, 1.807) is 0 Å². The van der Waals surface area contributed by atoms with Gasteiger partial charge in [-0.15, -0.1) is 0 Å². The molecule has 0 N–H and O–H groups in total. The monoisotopic (exact) mass is 334 g/mol. The Morgan fingerprint density at radius 1 is 0.800 bits per heavy atom. The lowest BCUT2D eigenvalue weighted by Gasteiger charge is -2.34. The number of benzene rings is 2. The Morgan fingerprint density at radius 3 is 1.96 bits per heavy atom. The summed E-state index contributed by atoms with van der Waals surface area (Å²) in [5.41, 5.74) is 10.8. The number of hydrogen-bond acceptors (Lipinski definition) is 2. The fraction of sp³-hybridized carbons (Fsp3) is 0.391. The van der Waals surface area contributed by atoms with E-state index in [-0.39, 0.29) is 6.17 Å². The van der Waals surface area contributed by atoms with Gasteiger partial charge < -0.3 is 9.80 Å². The van der Waals surface area contributed by atoms with Crippen LogP contribution in [-0.4, -0.2) is 6.17 Å². The predicted molar refractivity (Wildman–Crippen MR) is 109 cm³/mol. The molecule has 0 spiro atoms. The van der Waals surface area contributed by atoms with Crippen molar-refractivity contribution in [2.45, 2.75) is 61.1 Å². The average Bonchev–Trinajstić information content (AvgIpc) is 2.79. The van der Waals surface area contributed by atoms with Gasteiger partial charge in [-0.2, -0.15) is 0 Å². The summed E-state index contributed by atoms with van der Waals surface area (Å²) < 4.78 is 0. The summed E-state index contributed by atoms with van der Waals surface area (Å²) in [5, 5.41) is 0. The molecule has 0 radical (unpaired) electrons. The van der Waals surface area contributed by atoms with E-state index in [1.807, 2.05) is 0 Å². The number of aryl methyl sites for hydroxylation is 3. The molecular weight excluding hydrogens is 304 g/mol. The highest BCUT2D eigenvalue weighted by atomic mass is 15.4. The van der Waals surface area contributed by atoms with Crippen molar-refractivity contribution in [3.05, 3.63) is 70.0 Å². The molecule has 3 rings (SSSR count). The Morgan fingerprint density at radius 2 is 1.36 bits per heavy atom. The second-order valence-electron chi connectivity index (χ2n) is 7.20. The number of anilines is 2. The van der Waals surface area contributed by atoms with E-state index < -0.39 is 0 Å². The second kappa shape index (κ2) is 6.59. The Bertz CT molecular complexity index is 812. The smallest absolute Gasteiger partial charge is 0.108 e. The first-order valence-corrected chi connectivity index (χ1v) is 9.29. The topological polar surface area (TPSA) is 6.48 Å². The molecule has 1 atom stereocenters. The molecule has 132 valence electrons. The lowest BCUT2D eigenvalue weighted by molar-refractivity contribution is 0.723. The summed E-state index contributed by atoms with van der Waals surface area (Å²) in [6, 6.07) is 13.3. The number of hydrogen-bond donors (Lipinski definition) is 0. The van der Waals surface area contributed by atoms with Gasteiger partial charge in [-0.05, 0) is 76.3 Å². The van der Waals surface area contributed by atoms with Gasteiger partial charge in [0.05, 0.1) is 0 Å². The molecule has 2 aromatic carbocycles. The van der Waals surface area contributed by atoms with Gasteiger partial charge in [0, 0.05) is 22.8 Å². The van der Waals surface area contributed by atoms with Crippen LogP contribution in [-0.2, 0) is 6.42 Å². The van der Waals surface area contributed by atoms with E-state index in [0.29, 0.717) is 0 Å². The zero-order valence-corrected chi connectivity index (χ0v) is 16.6. The van der Waals surface area contributed by atoms with Crippen molar-refractivity contribution >= 4 is 11.4 Å². The van der Waals surface area contributed by atoms with Crippen molar-refractivity contribution in [3.63, 3.8) is 0 Å². The van der Waals surface area contributed by atoms with Gasteiger partial charge in [-0.25, -0.2) is 0 Å². The van der Waals surface area contributed by atoms with Gasteiger partial charge in [-0.1, -0.05) is 37.3 Å². The maximum absolute atomic E-state index is 2.50. The minimum Gasteiger partial charge on any atom is -0.322 e. The number of nitrogens with zero attached hydrogens (tertiary/aromatic N) is 2. The molecule has 25 heavy (non-hydrogen) atoms. The van der Waals surface area contributed by atoms with Crippen molar-refractivity contribution < 1.29 is 0 Å². The zero-order chi connectivity index (χ0) is 18.3. The Hall–Kier alpha value is -2.22. The van der Waals surface area contributed by atoms with Crippen LogP contribution in [0.5, 0.6) is 0 Å². The molecule has 2 heteroatoms. The van der Waals surface area contributed by atoms with Crippen LogP contribution >= 0.6 is 0 Å². The highest BCUT2D eigenvalue weighted by Crippen LogP contribution is 2.41. The highest BCUT2D eigenvalue weighted by molar-refractivity contribution is 5.72. The van der Waals surface area contributed by atoms with Crippen LogP contribution in [0.25, 0.3) is 0 Å². The molecule has 1 heterocycles. The van der Waals surface area contributed by atoms with Crippen LogP contribution in [0, 0.1) is 20.8 Å². The molecule has 0 aliphatic carbocycles. The minimum absolute atomic E-state index is 0.269. The Labute approximate surface area is 152 Å². The summed E-state index contributed by atoms with van der Waals surface area (Å²) in [7, 11) is 0. The van der Waals surface area contributed by atoms with Crippen LogP contribution in [0.2, 0.25) is 0 Å². The zero-order valence-electron chi connectivity index (χ0n) is 16.6. The third kappa shape index (κ3) is 2.74. The molecule has 0 fully saturated rings. The first kappa shape index (κ1) is 17.6. The van der Waals surface area contributed by atoms with Crippen LogP contribution in [0.3, 0.4) is 0 Å². The van der Waals surface area contributed by atoms with Gasteiger partial charge in [0.25, 0.3) is 0 Å². The third-order valence-electron chi connectivity index (χ3n) is 5.73. The predicted octanol–water partition coefficient (Wildman–Crippen LogP) is 6.10. The molecule has 1 aliphatic heterocycles. The fourth-order valence-corrected chi connectivity index (χ4v) is 4.26. The van der Waals surface area contributed by atoms with E-state index >= 15 is 0 Å². The third-order valence-corrected chi connectivity index (χ3v) is 5.73. The summed E-state index contributed by atoms with van der Waals surface area (Å²) in [4.78, 5) is 4.99. The van der Waals surface area contributed by atoms with Crippen molar-refractivity contribution in [1.82, 2.24) is 0 Å². The Kier molecular flexibility index (Phi) is 4.64. The molecule has 0 unspecified atom stereocenters. The first-order valence-electron chi connectivity index (χ1n) is 9.29. The molecule has 0 bridgehead atoms. The van der Waals surface area contributed by atoms with Crippen LogP contribution in [0.1, 0.15) is 49.9 Å². The van der Waals surface area contributed by atoms with E-state index in [4.69, 9.17) is 0 Å². The van der Waals surface area contributed by atoms with E-state index in [0.717, 1.165) is 6.42 Å². The first-order chi connectivity index (χ1) is 11.9. The van der Waals surface area contributed by atoms with Crippen LogP contribution in [0.4, 0.5) is 11.4 Å². The quantitative estimate of drug-likeness (QED) is 0.669. The van der Waals surface area contributed by atoms with Gasteiger partial charge >= 0.3 is 0 Å². The van der Waals surface area contributed by atoms with Crippen LogP contribution < -0.4 is 9.80 Å². The minimum atomic E-state index is 0.269. The van der Waals surface area contributed by atoms with Gasteiger partial charge in [0.1, 0.15) is 6.17 Å². The normalized spacial score (nSPS) is 17.6. The molecule has 0 saturated heterocycles. The number of allylic oxidation sites excluding steroid dienone is 2. The van der Waals surface area contributed by atoms with Crippen molar-refractivity contribution in [2.24, 2.45) is 0 Å². The summed E-state index contributed by atoms with van der Waals surface area (Å²) in [5.74, 6) is 0. The maximum atomic E-state index is 2.50. The van der Waals surface area contributed by atoms with Crippen molar-refractivity contribution in [3.8, 4) is 0 Å². The molecule has 0 amide bonds. The molecule has 0 saturated carbocycles. The molecule has 1 aliphatic rings. The summed E-state index contributed by atoms with van der Waals surface area (Å²) in [6.07, 6.45) is 1.34. The van der Waals surface area contributed by atoms with Gasteiger partial charge in [-0.3, -0.25) is 0 Å². The van der Waals surface area contributed by atoms with Crippen molar-refractivity contribution in [2.75, 3.05) is 9.80 Å². The molecule has 2 nitrogen and oxygen atoms in total. The summed E-state index contributed by atoms with van der Waals surface area (Å²) in [6.45, 7) is 15.7. The Balaban J connectivity index is 2.12. The number of rotatable bonds is 3. The molecule has 2 aromatic rings. The lowest BCUT2D eigenvalue weighted by atomic mass is 10.0. The van der Waals surface area contributed by atoms with E-state index in [1.165, 1.54) is 45.0 Å². The number of para-hydroxylation sites is 1. The maximum Gasteiger partial charge on any atom is 0.108 e.